The molecule has 2 N–H and O–H groups in total. The molecular weight excluding hydrogens is 308 g/mol. The minimum Gasteiger partial charge on any atom is -0.469 e. The van der Waals surface area contributed by atoms with E-state index >= 15 is 0 Å². The van der Waals surface area contributed by atoms with Gasteiger partial charge in [0, 0.05) is 12.8 Å². The number of unbranched alkanes of at least 4 members (excludes halogenated alkanes) is 1. The minimum absolute atomic E-state index is 0.0619. The second-order valence-electron chi connectivity index (χ2n) is 5.00. The summed E-state index contributed by atoms with van der Waals surface area (Å²) in [5, 5.41) is 11.7. The topological polar surface area (TPSA) is 122 Å². The van der Waals surface area contributed by atoms with Crippen LogP contribution < -0.4 is 5.32 Å². The Morgan fingerprint density at radius 3 is 2.48 bits per heavy atom. The van der Waals surface area contributed by atoms with Gasteiger partial charge in [0.1, 0.15) is 6.04 Å². The molecule has 1 saturated heterocycles. The Labute approximate surface area is 133 Å². The summed E-state index contributed by atoms with van der Waals surface area (Å²) in [7, 11) is 1.28. The number of hydrogen-bond acceptors (Lipinski definition) is 7. The average Bonchev–Trinajstić information content (AvgIpc) is 2.87. The number of nitrogens with one attached hydrogen (secondary N) is 1. The van der Waals surface area contributed by atoms with E-state index in [1.54, 1.807) is 6.92 Å². The number of esters is 1. The van der Waals surface area contributed by atoms with Gasteiger partial charge in [-0.3, -0.25) is 9.59 Å². The fourth-order valence-electron chi connectivity index (χ4n) is 2.34. The predicted molar refractivity (Wildman–Crippen MR) is 77.5 cm³/mol. The molecule has 0 saturated carbocycles. The maximum Gasteiger partial charge on any atom is 0.418 e. The van der Waals surface area contributed by atoms with Gasteiger partial charge in [0.15, 0.2) is 5.78 Å². The van der Waals surface area contributed by atoms with Crippen LogP contribution in [0.15, 0.2) is 0 Å². The molecule has 1 rings (SSSR count). The largest absolute Gasteiger partial charge is 0.469 e. The lowest BCUT2D eigenvalue weighted by Gasteiger charge is -2.22. The number of rotatable bonds is 8. The van der Waals surface area contributed by atoms with Gasteiger partial charge < -0.3 is 19.9 Å². The maximum atomic E-state index is 12.3. The molecular formula is C14H22N2O7. The summed E-state index contributed by atoms with van der Waals surface area (Å²) in [4.78, 5) is 47.7. The summed E-state index contributed by atoms with van der Waals surface area (Å²) < 4.78 is 9.27. The number of methoxy groups -OCH3 is 1. The molecule has 0 bridgehead atoms. The summed E-state index contributed by atoms with van der Waals surface area (Å²) in [5.74, 6) is -0.739. The lowest BCUT2D eigenvalue weighted by atomic mass is 10.00. The summed E-state index contributed by atoms with van der Waals surface area (Å²) in [5.41, 5.74) is 0. The molecule has 1 aliphatic rings. The van der Waals surface area contributed by atoms with Gasteiger partial charge in [-0.25, -0.2) is 14.5 Å². The second-order valence-corrected chi connectivity index (χ2v) is 5.00. The first-order chi connectivity index (χ1) is 11.0. The van der Waals surface area contributed by atoms with Crippen LogP contribution in [0.2, 0.25) is 0 Å². The lowest BCUT2D eigenvalue weighted by Crippen LogP contribution is -2.47. The molecule has 9 nitrogen and oxygen atoms in total. The van der Waals surface area contributed by atoms with E-state index in [1.807, 2.05) is 0 Å². The first-order valence-corrected chi connectivity index (χ1v) is 7.43. The van der Waals surface area contributed by atoms with E-state index in [4.69, 9.17) is 4.74 Å². The number of Topliss-reactive ketones (excluding diaryl/α,β-unsaturated/α-hetero) is 1. The van der Waals surface area contributed by atoms with Gasteiger partial charge in [-0.15, -0.1) is 0 Å². The third-order valence-corrected chi connectivity index (χ3v) is 3.46. The van der Waals surface area contributed by atoms with Crippen LogP contribution in [0.3, 0.4) is 0 Å². The van der Waals surface area contributed by atoms with Crippen molar-refractivity contribution >= 4 is 23.9 Å². The summed E-state index contributed by atoms with van der Waals surface area (Å²) in [6.07, 6.45) is 0.205. The number of ketones is 1. The molecule has 23 heavy (non-hydrogen) atoms. The molecule has 0 aromatic heterocycles. The standard InChI is InChI=1S/C14H22N2O7/c1-3-23-14(21)16-12(9(8-17)15-13(16)20)10(18)6-4-5-7-11(19)22-2/h9,12,17H,3-8H2,1-2H3,(H,15,20)/t9?,12-/m1/s1. The van der Waals surface area contributed by atoms with E-state index in [0.29, 0.717) is 17.7 Å². The minimum atomic E-state index is -1.11. The maximum absolute atomic E-state index is 12.3. The van der Waals surface area contributed by atoms with E-state index in [9.17, 15) is 24.3 Å². The van der Waals surface area contributed by atoms with E-state index in [0.717, 1.165) is 0 Å². The lowest BCUT2D eigenvalue weighted by molar-refractivity contribution is -0.140. The van der Waals surface area contributed by atoms with Crippen molar-refractivity contribution in [2.75, 3.05) is 20.3 Å². The highest BCUT2D eigenvalue weighted by atomic mass is 16.6. The normalized spacial score (nSPS) is 20.1. The smallest absolute Gasteiger partial charge is 0.418 e. The Balaban J connectivity index is 2.66. The van der Waals surface area contributed by atoms with Crippen LogP contribution in [0, 0.1) is 0 Å². The van der Waals surface area contributed by atoms with Gasteiger partial charge in [0.2, 0.25) is 0 Å². The monoisotopic (exact) mass is 330 g/mol. The van der Waals surface area contributed by atoms with Gasteiger partial charge in [0.05, 0.1) is 26.4 Å². The van der Waals surface area contributed by atoms with Gasteiger partial charge in [0.25, 0.3) is 0 Å². The molecule has 1 heterocycles. The van der Waals surface area contributed by atoms with Crippen LogP contribution in [0.4, 0.5) is 9.59 Å². The number of nitrogens with zero attached hydrogens (tertiary/aromatic N) is 1. The summed E-state index contributed by atoms with van der Waals surface area (Å²) >= 11 is 0. The van der Waals surface area contributed by atoms with Crippen molar-refractivity contribution in [2.24, 2.45) is 0 Å². The number of carbonyl (C=O) groups is 4. The van der Waals surface area contributed by atoms with Crippen LogP contribution in [0.1, 0.15) is 32.6 Å². The van der Waals surface area contributed by atoms with Crippen molar-refractivity contribution in [1.29, 1.82) is 0 Å². The SMILES string of the molecule is CCOC(=O)N1C(=O)NC(CO)[C@@H]1C(=O)CCCCC(=O)OC. The molecule has 0 radical (unpaired) electrons. The zero-order valence-electron chi connectivity index (χ0n) is 13.2. The molecule has 2 atom stereocenters. The fraction of sp³-hybridized carbons (Fsp3) is 0.714. The van der Waals surface area contributed by atoms with Crippen molar-refractivity contribution < 1.29 is 33.8 Å². The van der Waals surface area contributed by atoms with E-state index in [-0.39, 0.29) is 31.2 Å². The Morgan fingerprint density at radius 2 is 1.91 bits per heavy atom. The van der Waals surface area contributed by atoms with Crippen molar-refractivity contribution in [3.05, 3.63) is 0 Å². The second kappa shape index (κ2) is 9.09. The van der Waals surface area contributed by atoms with Crippen molar-refractivity contribution in [1.82, 2.24) is 10.2 Å². The number of aliphatic hydroxyl groups is 1. The van der Waals surface area contributed by atoms with Crippen LogP contribution in [-0.2, 0) is 19.1 Å². The number of hydrogen-bond donors (Lipinski definition) is 2. The first kappa shape index (κ1) is 18.9. The van der Waals surface area contributed by atoms with Crippen molar-refractivity contribution in [3.63, 3.8) is 0 Å². The Morgan fingerprint density at radius 1 is 1.26 bits per heavy atom. The summed E-state index contributed by atoms with van der Waals surface area (Å²) in [6, 6.07) is -2.74. The van der Waals surface area contributed by atoms with Crippen LogP contribution in [0.25, 0.3) is 0 Å². The number of imide groups is 1. The number of ether oxygens (including phenoxy) is 2. The van der Waals surface area contributed by atoms with E-state index < -0.39 is 30.8 Å². The van der Waals surface area contributed by atoms with Crippen molar-refractivity contribution in [3.8, 4) is 0 Å². The van der Waals surface area contributed by atoms with Gasteiger partial charge in [-0.1, -0.05) is 0 Å². The van der Waals surface area contributed by atoms with E-state index in [2.05, 4.69) is 10.1 Å². The Bertz CT molecular complexity index is 466. The molecule has 130 valence electrons. The van der Waals surface area contributed by atoms with Crippen LogP contribution in [0.5, 0.6) is 0 Å². The molecule has 0 aromatic rings. The van der Waals surface area contributed by atoms with Gasteiger partial charge in [-0.2, -0.15) is 0 Å². The molecule has 0 aliphatic carbocycles. The summed E-state index contributed by atoms with van der Waals surface area (Å²) in [6.45, 7) is 1.17. The molecule has 1 fully saturated rings. The molecule has 9 heteroatoms. The molecule has 0 aromatic carbocycles. The average molecular weight is 330 g/mol. The highest BCUT2D eigenvalue weighted by molar-refractivity contribution is 6.01. The first-order valence-electron chi connectivity index (χ1n) is 7.43. The number of aliphatic hydroxyl groups excluding tert-OH is 1. The highest BCUT2D eigenvalue weighted by Gasteiger charge is 2.47. The van der Waals surface area contributed by atoms with Crippen molar-refractivity contribution in [2.45, 2.75) is 44.7 Å². The number of carbonyl (C=O) groups excluding carboxylic acids is 4. The highest BCUT2D eigenvalue weighted by Crippen LogP contribution is 2.19. The molecule has 0 spiro atoms. The number of urea groups is 1. The fourth-order valence-corrected chi connectivity index (χ4v) is 2.34. The molecule has 1 unspecified atom stereocenters. The molecule has 3 amide bonds. The quantitative estimate of drug-likeness (QED) is 0.481. The van der Waals surface area contributed by atoms with Gasteiger partial charge >= 0.3 is 18.1 Å². The number of amides is 3. The zero-order valence-corrected chi connectivity index (χ0v) is 13.2. The van der Waals surface area contributed by atoms with Gasteiger partial charge in [-0.05, 0) is 19.8 Å². The van der Waals surface area contributed by atoms with E-state index in [1.165, 1.54) is 7.11 Å². The van der Waals surface area contributed by atoms with Crippen LogP contribution in [-0.4, -0.2) is 66.3 Å². The van der Waals surface area contributed by atoms with Crippen LogP contribution >= 0.6 is 0 Å². The molecule has 1 aliphatic heterocycles. The predicted octanol–water partition coefficient (Wildman–Crippen LogP) is 0.200. The Hall–Kier alpha value is -2.16. The zero-order chi connectivity index (χ0) is 17.4. The third-order valence-electron chi connectivity index (χ3n) is 3.46. The Kier molecular flexibility index (Phi) is 7.46. The third kappa shape index (κ3) is 4.92.